The molecule has 5 heteroatoms. The summed E-state index contributed by atoms with van der Waals surface area (Å²) in [6, 6.07) is 16.7. The molecule has 24 heavy (non-hydrogen) atoms. The van der Waals surface area contributed by atoms with Crippen molar-refractivity contribution in [3.63, 3.8) is 0 Å². The summed E-state index contributed by atoms with van der Waals surface area (Å²) in [7, 11) is 0. The van der Waals surface area contributed by atoms with Crippen LogP contribution in [0.1, 0.15) is 13.8 Å². The summed E-state index contributed by atoms with van der Waals surface area (Å²) in [6.45, 7) is 4.96. The Morgan fingerprint density at radius 1 is 0.958 bits per heavy atom. The molecule has 0 saturated carbocycles. The quantitative estimate of drug-likeness (QED) is 0.352. The molecule has 0 aliphatic carbocycles. The van der Waals surface area contributed by atoms with Crippen molar-refractivity contribution in [1.82, 2.24) is 4.98 Å². The van der Waals surface area contributed by atoms with E-state index in [4.69, 9.17) is 9.72 Å². The zero-order chi connectivity index (χ0) is 16.2. The first-order valence-electron chi connectivity index (χ1n) is 7.70. The molecule has 1 aromatic heterocycles. The number of halogens is 2. The third-order valence-electron chi connectivity index (χ3n) is 3.59. The van der Waals surface area contributed by atoms with Crippen LogP contribution in [-0.4, -0.2) is 25.0 Å². The van der Waals surface area contributed by atoms with Gasteiger partial charge in [-0.2, -0.15) is 0 Å². The average Bonchev–Trinajstić information content (AvgIpc) is 3.01. The molecule has 0 bridgehead atoms. The van der Waals surface area contributed by atoms with Gasteiger partial charge in [0.25, 0.3) is 0 Å². The van der Waals surface area contributed by atoms with Gasteiger partial charge in [0.1, 0.15) is 0 Å². The molecule has 1 heterocycles. The fraction of sp³-hybridized carbons (Fsp3) is 0.211. The number of rotatable bonds is 5. The summed E-state index contributed by atoms with van der Waals surface area (Å²) in [5, 5.41) is 1.17. The van der Waals surface area contributed by atoms with Gasteiger partial charge in [0.15, 0.2) is 0 Å². The molecule has 3 aromatic rings. The van der Waals surface area contributed by atoms with Crippen molar-refractivity contribution in [2.24, 2.45) is 0 Å². The Morgan fingerprint density at radius 3 is 2.17 bits per heavy atom. The molecule has 126 valence electrons. The third kappa shape index (κ3) is 4.51. The molecule has 1 unspecified atom stereocenters. The van der Waals surface area contributed by atoms with Crippen molar-refractivity contribution in [2.45, 2.75) is 19.2 Å². The van der Waals surface area contributed by atoms with Crippen LogP contribution >= 0.6 is 15.9 Å². The van der Waals surface area contributed by atoms with E-state index >= 15 is 0 Å². The average molecular weight is 563 g/mol. The Bertz CT molecular complexity index is 784. The molecule has 0 N–H and O–H groups in total. The topological polar surface area (TPSA) is 22.1 Å². The molecule has 0 radical (unpaired) electrons. The predicted octanol–water partition coefficient (Wildman–Crippen LogP) is 2.35. The first-order valence-corrected chi connectivity index (χ1v) is 11.6. The van der Waals surface area contributed by atoms with Gasteiger partial charge in [0.05, 0.1) is 0 Å². The van der Waals surface area contributed by atoms with Gasteiger partial charge in [-0.3, -0.25) is 0 Å². The Balaban J connectivity index is 0.00000208. The number of nitrogens with zero attached hydrogens (tertiary/aromatic N) is 1. The Morgan fingerprint density at radius 2 is 1.58 bits per heavy atom. The van der Waals surface area contributed by atoms with Crippen LogP contribution in [-0.2, 0) is 5.32 Å². The molecular formula is C19H19BrINOSe. The monoisotopic (exact) mass is 563 g/mol. The SMILES string of the molecule is CCOc1ccc(-c2nc(-c3ccc(Br)cc3)c[se+]2CC)cc1.[I-]. The van der Waals surface area contributed by atoms with E-state index in [2.05, 4.69) is 64.2 Å². The number of benzene rings is 2. The molecule has 0 aliphatic heterocycles. The molecule has 0 aliphatic rings. The molecule has 2 nitrogen and oxygen atoms in total. The number of hydrogen-bond acceptors (Lipinski definition) is 2. The van der Waals surface area contributed by atoms with Crippen molar-refractivity contribution in [3.8, 4) is 27.1 Å². The van der Waals surface area contributed by atoms with E-state index in [0.29, 0.717) is 6.61 Å². The van der Waals surface area contributed by atoms with Crippen molar-refractivity contribution >= 4 is 29.4 Å². The van der Waals surface area contributed by atoms with Crippen molar-refractivity contribution in [3.05, 3.63) is 57.9 Å². The summed E-state index contributed by atoms with van der Waals surface area (Å²) in [6.07, 6.45) is 0. The van der Waals surface area contributed by atoms with Crippen LogP contribution in [0.15, 0.2) is 57.9 Å². The van der Waals surface area contributed by atoms with E-state index in [1.54, 1.807) is 0 Å². The van der Waals surface area contributed by atoms with Crippen LogP contribution in [0.2, 0.25) is 0 Å². The van der Waals surface area contributed by atoms with Gasteiger partial charge in [-0.1, -0.05) is 0 Å². The molecule has 1 atom stereocenters. The molecule has 0 fully saturated rings. The zero-order valence-electron chi connectivity index (χ0n) is 13.6. The minimum Gasteiger partial charge on any atom is -1.00 e. The molecule has 0 saturated heterocycles. The normalized spacial score (nSPS) is 11.0. The number of aryl methyl sites for hydroxylation is 1. The van der Waals surface area contributed by atoms with Crippen LogP contribution in [0, 0.1) is 0 Å². The largest absolute Gasteiger partial charge is 1.00 e. The fourth-order valence-corrected chi connectivity index (χ4v) is 6.19. The second kappa shape index (κ2) is 9.18. The van der Waals surface area contributed by atoms with Gasteiger partial charge >= 0.3 is 150 Å². The summed E-state index contributed by atoms with van der Waals surface area (Å²) in [5.74, 6) is 0.920. The molecule has 0 amide bonds. The molecule has 0 spiro atoms. The molecular weight excluding hydrogens is 544 g/mol. The van der Waals surface area contributed by atoms with Gasteiger partial charge < -0.3 is 24.0 Å². The van der Waals surface area contributed by atoms with Crippen molar-refractivity contribution in [1.29, 1.82) is 0 Å². The Hall–Kier alpha value is -0.621. The third-order valence-corrected chi connectivity index (χ3v) is 8.21. The maximum absolute atomic E-state index is 5.53. The first-order chi connectivity index (χ1) is 11.2. The standard InChI is InChI=1S/C19H19BrNOSe.HI/c1-3-22-17-11-7-15(8-12-17)19-21-18(13-23(19)4-2)14-5-9-16(20)10-6-14;/h5-13H,3-4H2,1-2H3;1H/q+1;/p-1. The number of hydrogen-bond donors (Lipinski definition) is 0. The molecule has 3 rings (SSSR count). The summed E-state index contributed by atoms with van der Waals surface area (Å²) in [5.41, 5.74) is 3.54. The zero-order valence-corrected chi connectivity index (χ0v) is 19.1. The van der Waals surface area contributed by atoms with Crippen LogP contribution in [0.3, 0.4) is 0 Å². The maximum Gasteiger partial charge on any atom is -1.00 e. The number of aromatic nitrogens is 1. The Labute approximate surface area is 172 Å². The summed E-state index contributed by atoms with van der Waals surface area (Å²) >= 11 is 2.50. The van der Waals surface area contributed by atoms with E-state index in [9.17, 15) is 0 Å². The van der Waals surface area contributed by atoms with Crippen molar-refractivity contribution < 1.29 is 28.7 Å². The van der Waals surface area contributed by atoms with Gasteiger partial charge in [-0.05, 0) is 0 Å². The summed E-state index contributed by atoms with van der Waals surface area (Å²) in [4.78, 5) is 7.36. The van der Waals surface area contributed by atoms with Crippen LogP contribution in [0.4, 0.5) is 0 Å². The van der Waals surface area contributed by atoms with Crippen LogP contribution in [0.5, 0.6) is 5.75 Å². The first kappa shape index (κ1) is 19.7. The predicted molar refractivity (Wildman–Crippen MR) is 101 cm³/mol. The number of ether oxygens (including phenoxy) is 1. The van der Waals surface area contributed by atoms with Gasteiger partial charge in [-0.15, -0.1) is 0 Å². The minimum atomic E-state index is -0.988. The van der Waals surface area contributed by atoms with Gasteiger partial charge in [-0.25, -0.2) is 0 Å². The van der Waals surface area contributed by atoms with Crippen LogP contribution in [0.25, 0.3) is 21.4 Å². The second-order valence-corrected chi connectivity index (χ2v) is 10.3. The van der Waals surface area contributed by atoms with Crippen LogP contribution < -0.4 is 28.7 Å². The van der Waals surface area contributed by atoms with Crippen molar-refractivity contribution in [2.75, 3.05) is 6.61 Å². The smallest absolute Gasteiger partial charge is 1.00 e. The van der Waals surface area contributed by atoms with E-state index in [1.807, 2.05) is 19.1 Å². The maximum atomic E-state index is 5.53. The fourth-order valence-electron chi connectivity index (χ4n) is 2.43. The summed E-state index contributed by atoms with van der Waals surface area (Å²) < 4.78 is 7.90. The second-order valence-electron chi connectivity index (χ2n) is 5.10. The van der Waals surface area contributed by atoms with Gasteiger partial charge in [0.2, 0.25) is 0 Å². The van der Waals surface area contributed by atoms with E-state index < -0.39 is 13.4 Å². The van der Waals surface area contributed by atoms with E-state index in [-0.39, 0.29) is 24.0 Å². The minimum absolute atomic E-state index is 0. The Kier molecular flexibility index (Phi) is 7.54. The molecule has 2 aromatic carbocycles. The van der Waals surface area contributed by atoms with E-state index in [0.717, 1.165) is 15.9 Å². The van der Waals surface area contributed by atoms with Gasteiger partial charge in [0, 0.05) is 0 Å². The van der Waals surface area contributed by atoms with E-state index in [1.165, 1.54) is 21.0 Å².